The van der Waals surface area contributed by atoms with Crippen LogP contribution in [0.2, 0.25) is 5.02 Å². The Labute approximate surface area is 210 Å². The Hall–Kier alpha value is -2.69. The number of anilines is 1. The van der Waals surface area contributed by atoms with Crippen LogP contribution in [0.5, 0.6) is 5.88 Å². The normalized spacial score (nSPS) is 15.5. The van der Waals surface area contributed by atoms with Crippen LogP contribution in [0.3, 0.4) is 0 Å². The highest BCUT2D eigenvalue weighted by atomic mass is 35.5. The maximum Gasteiger partial charge on any atom is 0.263 e. The number of hydrogen-bond donors (Lipinski definition) is 1. The van der Waals surface area contributed by atoms with Gasteiger partial charge in [0, 0.05) is 18.5 Å². The Balaban J connectivity index is 1.53. The number of aromatic nitrogens is 3. The van der Waals surface area contributed by atoms with Gasteiger partial charge >= 0.3 is 0 Å². The summed E-state index contributed by atoms with van der Waals surface area (Å²) in [5.74, 6) is 0.902. The Kier molecular flexibility index (Phi) is 7.08. The van der Waals surface area contributed by atoms with Crippen molar-refractivity contribution in [1.29, 1.82) is 0 Å². The van der Waals surface area contributed by atoms with E-state index in [-0.39, 0.29) is 21.8 Å². The molecule has 9 nitrogen and oxygen atoms in total. The molecule has 4 rings (SSSR count). The maximum atomic E-state index is 13.1. The van der Waals surface area contributed by atoms with Crippen LogP contribution in [0.15, 0.2) is 40.0 Å². The number of rotatable bonds is 7. The van der Waals surface area contributed by atoms with Gasteiger partial charge in [0.1, 0.15) is 5.02 Å². The van der Waals surface area contributed by atoms with Crippen molar-refractivity contribution in [3.63, 3.8) is 0 Å². The van der Waals surface area contributed by atoms with Crippen molar-refractivity contribution in [2.75, 3.05) is 17.9 Å². The van der Waals surface area contributed by atoms with Gasteiger partial charge in [-0.15, -0.1) is 0 Å². The molecule has 0 bridgehead atoms. The van der Waals surface area contributed by atoms with Crippen LogP contribution in [-0.4, -0.2) is 41.6 Å². The van der Waals surface area contributed by atoms with Gasteiger partial charge in [0.15, 0.2) is 5.76 Å². The summed E-state index contributed by atoms with van der Waals surface area (Å²) in [5.41, 5.74) is 2.50. The van der Waals surface area contributed by atoms with Crippen molar-refractivity contribution in [2.24, 2.45) is 0 Å². The molecule has 1 aliphatic rings. The molecule has 35 heavy (non-hydrogen) atoms. The summed E-state index contributed by atoms with van der Waals surface area (Å²) in [5, 5.41) is 4.00. The predicted molar refractivity (Wildman–Crippen MR) is 133 cm³/mol. The van der Waals surface area contributed by atoms with Gasteiger partial charge in [0.05, 0.1) is 35.6 Å². The Morgan fingerprint density at radius 3 is 2.63 bits per heavy atom. The molecule has 0 saturated carbocycles. The lowest BCUT2D eigenvalue weighted by Gasteiger charge is -2.33. The van der Waals surface area contributed by atoms with Crippen molar-refractivity contribution in [3.05, 3.63) is 58.2 Å². The van der Waals surface area contributed by atoms with E-state index in [9.17, 15) is 8.42 Å². The largest absolute Gasteiger partial charge is 0.477 e. The molecule has 11 heteroatoms. The zero-order valence-corrected chi connectivity index (χ0v) is 22.1. The van der Waals surface area contributed by atoms with E-state index in [1.165, 1.54) is 0 Å². The monoisotopic (exact) mass is 519 g/mol. The minimum Gasteiger partial charge on any atom is -0.477 e. The third-order valence-corrected chi connectivity index (χ3v) is 7.68. The number of hydrogen-bond acceptors (Lipinski definition) is 8. The summed E-state index contributed by atoms with van der Waals surface area (Å²) >= 11 is 6.35. The minimum absolute atomic E-state index is 0.00877. The van der Waals surface area contributed by atoms with Crippen LogP contribution in [-0.2, 0) is 28.4 Å². The summed E-state index contributed by atoms with van der Waals surface area (Å²) in [7, 11) is -3.91. The van der Waals surface area contributed by atoms with E-state index in [0.29, 0.717) is 24.8 Å². The first-order valence-corrected chi connectivity index (χ1v) is 13.3. The van der Waals surface area contributed by atoms with Crippen molar-refractivity contribution >= 4 is 27.4 Å². The van der Waals surface area contributed by atoms with E-state index in [1.807, 2.05) is 33.8 Å². The number of halogens is 1. The zero-order valence-electron chi connectivity index (χ0n) is 20.5. The molecule has 0 unspecified atom stereocenters. The maximum absolute atomic E-state index is 13.1. The number of sulfonamides is 1. The van der Waals surface area contributed by atoms with E-state index in [4.69, 9.17) is 20.9 Å². The standard InChI is InChI=1S/C24H30ClN5O4S/c1-6-33-20-13-26-19(12-27-20)15(2)30-10-9-16-7-8-18(11-17(16)14-30)35(31,32)29-23-21(25)22(34-28-23)24(3,4)5/h7-8,11-13,15H,6,9-10,14H2,1-5H3,(H,28,29)/t15-/m1/s1. The first kappa shape index (κ1) is 25.4. The topological polar surface area (TPSA) is 110 Å². The van der Waals surface area contributed by atoms with E-state index in [0.717, 1.165) is 29.8 Å². The van der Waals surface area contributed by atoms with E-state index in [1.54, 1.807) is 24.5 Å². The highest BCUT2D eigenvalue weighted by molar-refractivity contribution is 7.92. The summed E-state index contributed by atoms with van der Waals surface area (Å²) < 4.78 is 39.4. The predicted octanol–water partition coefficient (Wildman–Crippen LogP) is 4.73. The summed E-state index contributed by atoms with van der Waals surface area (Å²) in [6.07, 6.45) is 4.16. The fraction of sp³-hybridized carbons (Fsp3) is 0.458. The highest BCUT2D eigenvalue weighted by Gasteiger charge is 2.29. The van der Waals surface area contributed by atoms with Gasteiger partial charge in [-0.05, 0) is 43.5 Å². The van der Waals surface area contributed by atoms with Crippen LogP contribution in [0, 0.1) is 0 Å². The third kappa shape index (κ3) is 5.44. The van der Waals surface area contributed by atoms with Gasteiger partial charge in [-0.25, -0.2) is 13.4 Å². The first-order valence-electron chi connectivity index (χ1n) is 11.5. The van der Waals surface area contributed by atoms with E-state index < -0.39 is 15.4 Å². The van der Waals surface area contributed by atoms with Crippen molar-refractivity contribution in [2.45, 2.75) is 63.9 Å². The van der Waals surface area contributed by atoms with Crippen LogP contribution < -0.4 is 9.46 Å². The average molecular weight is 520 g/mol. The van der Waals surface area contributed by atoms with E-state index in [2.05, 4.69) is 31.7 Å². The summed E-state index contributed by atoms with van der Waals surface area (Å²) in [4.78, 5) is 11.2. The van der Waals surface area contributed by atoms with Crippen LogP contribution in [0.25, 0.3) is 0 Å². The van der Waals surface area contributed by atoms with Gasteiger partial charge in [0.2, 0.25) is 11.7 Å². The SMILES string of the molecule is CCOc1cnc([C@@H](C)N2CCc3ccc(S(=O)(=O)Nc4noc(C(C)(C)C)c4Cl)cc3C2)cn1. The fourth-order valence-corrected chi connectivity index (χ4v) is 5.51. The van der Waals surface area contributed by atoms with Crippen LogP contribution in [0.1, 0.15) is 63.2 Å². The fourth-order valence-electron chi connectivity index (χ4n) is 4.00. The second-order valence-electron chi connectivity index (χ2n) is 9.57. The average Bonchev–Trinajstić information content (AvgIpc) is 3.18. The molecule has 1 aromatic carbocycles. The van der Waals surface area contributed by atoms with E-state index >= 15 is 0 Å². The number of nitrogens with one attached hydrogen (secondary N) is 1. The lowest BCUT2D eigenvalue weighted by Crippen LogP contribution is -2.33. The van der Waals surface area contributed by atoms with Gasteiger partial charge in [-0.3, -0.25) is 14.6 Å². The highest BCUT2D eigenvalue weighted by Crippen LogP contribution is 2.35. The van der Waals surface area contributed by atoms with Crippen LogP contribution >= 0.6 is 11.6 Å². The third-order valence-electron chi connectivity index (χ3n) is 5.99. The van der Waals surface area contributed by atoms with Crippen molar-refractivity contribution < 1.29 is 17.7 Å². The molecular weight excluding hydrogens is 490 g/mol. The molecule has 0 aliphatic carbocycles. The van der Waals surface area contributed by atoms with Gasteiger partial charge in [-0.2, -0.15) is 0 Å². The second kappa shape index (κ2) is 9.75. The number of nitrogens with zero attached hydrogens (tertiary/aromatic N) is 4. The lowest BCUT2D eigenvalue weighted by atomic mass is 9.93. The molecule has 1 aliphatic heterocycles. The molecule has 0 spiro atoms. The smallest absolute Gasteiger partial charge is 0.263 e. The van der Waals surface area contributed by atoms with Gasteiger partial charge in [0.25, 0.3) is 10.0 Å². The molecule has 0 amide bonds. The molecule has 2 aromatic heterocycles. The second-order valence-corrected chi connectivity index (χ2v) is 11.6. The van der Waals surface area contributed by atoms with Crippen molar-refractivity contribution in [3.8, 4) is 5.88 Å². The molecular formula is C24H30ClN5O4S. The Morgan fingerprint density at radius 1 is 1.23 bits per heavy atom. The van der Waals surface area contributed by atoms with Gasteiger partial charge in [-0.1, -0.05) is 43.6 Å². The molecule has 1 N–H and O–H groups in total. The zero-order chi connectivity index (χ0) is 25.4. The molecule has 3 aromatic rings. The molecule has 1 atom stereocenters. The molecule has 0 radical (unpaired) electrons. The molecule has 0 fully saturated rings. The molecule has 3 heterocycles. The lowest BCUT2D eigenvalue weighted by molar-refractivity contribution is 0.188. The van der Waals surface area contributed by atoms with Crippen molar-refractivity contribution in [1.82, 2.24) is 20.0 Å². The molecule has 0 saturated heterocycles. The first-order chi connectivity index (χ1) is 16.5. The molecule has 188 valence electrons. The van der Waals surface area contributed by atoms with Gasteiger partial charge < -0.3 is 9.26 Å². The summed E-state index contributed by atoms with van der Waals surface area (Å²) in [6.45, 7) is 11.7. The summed E-state index contributed by atoms with van der Waals surface area (Å²) in [6, 6.07) is 5.19. The van der Waals surface area contributed by atoms with Crippen LogP contribution in [0.4, 0.5) is 5.82 Å². The number of fused-ring (bicyclic) bond motifs is 1. The Morgan fingerprint density at radius 2 is 2.00 bits per heavy atom. The number of ether oxygens (including phenoxy) is 1. The quantitative estimate of drug-likeness (QED) is 0.476. The Bertz CT molecular complexity index is 1300. The minimum atomic E-state index is -3.91. The number of benzene rings is 1.